The van der Waals surface area contributed by atoms with E-state index < -0.39 is 5.38 Å². The van der Waals surface area contributed by atoms with Crippen molar-refractivity contribution >= 4 is 23.1 Å². The number of nitrogens with zero attached hydrogens (tertiary/aromatic N) is 1. The fraction of sp³-hybridized carbons (Fsp3) is 0.150. The molecule has 3 nitrogen and oxygen atoms in total. The second-order valence-corrected chi connectivity index (χ2v) is 6.33. The zero-order valence-corrected chi connectivity index (χ0v) is 13.7. The largest absolute Gasteiger partial charge is 0.467 e. The van der Waals surface area contributed by atoms with Crippen LogP contribution >= 0.6 is 11.6 Å². The number of ketones is 1. The van der Waals surface area contributed by atoms with Gasteiger partial charge in [0.05, 0.1) is 6.26 Å². The summed E-state index contributed by atoms with van der Waals surface area (Å²) in [6.07, 6.45) is 1.62. The highest BCUT2D eigenvalue weighted by Gasteiger charge is 2.41. The summed E-state index contributed by atoms with van der Waals surface area (Å²) in [5.41, 5.74) is 2.71. The minimum atomic E-state index is -0.685. The number of para-hydroxylation sites is 1. The van der Waals surface area contributed by atoms with Crippen molar-refractivity contribution in [1.82, 2.24) is 0 Å². The van der Waals surface area contributed by atoms with Crippen LogP contribution in [0.15, 0.2) is 77.4 Å². The van der Waals surface area contributed by atoms with Crippen LogP contribution in [-0.2, 0) is 6.54 Å². The number of furan rings is 1. The number of benzene rings is 2. The smallest absolute Gasteiger partial charge is 0.185 e. The zero-order chi connectivity index (χ0) is 16.5. The summed E-state index contributed by atoms with van der Waals surface area (Å²) in [7, 11) is 0. The molecule has 24 heavy (non-hydrogen) atoms. The van der Waals surface area contributed by atoms with Gasteiger partial charge in [-0.1, -0.05) is 42.5 Å². The molecule has 0 spiro atoms. The second kappa shape index (κ2) is 6.17. The Labute approximate surface area is 145 Å². The summed E-state index contributed by atoms with van der Waals surface area (Å²) in [6.45, 7) is 0.652. The van der Waals surface area contributed by atoms with Gasteiger partial charge in [0, 0.05) is 17.8 Å². The standard InChI is InChI=1S/C20H16ClNO2/c21-18-19(17-11-6-12-24-17)22(13-14-7-2-1-3-8-14)16-10-5-4-9-15(16)20(18)23/h1-12,18-19H,13H2/t18-,19-/m0/s1. The topological polar surface area (TPSA) is 33.5 Å². The van der Waals surface area contributed by atoms with Crippen LogP contribution in [-0.4, -0.2) is 11.2 Å². The van der Waals surface area contributed by atoms with Crippen molar-refractivity contribution in [3.63, 3.8) is 0 Å². The van der Waals surface area contributed by atoms with Crippen molar-refractivity contribution in [2.24, 2.45) is 0 Å². The van der Waals surface area contributed by atoms with E-state index in [0.29, 0.717) is 17.9 Å². The van der Waals surface area contributed by atoms with Crippen LogP contribution in [0.4, 0.5) is 5.69 Å². The highest BCUT2D eigenvalue weighted by atomic mass is 35.5. The van der Waals surface area contributed by atoms with Crippen molar-refractivity contribution in [1.29, 1.82) is 0 Å². The van der Waals surface area contributed by atoms with Gasteiger partial charge < -0.3 is 9.32 Å². The molecule has 0 saturated carbocycles. The van der Waals surface area contributed by atoms with Crippen molar-refractivity contribution in [3.8, 4) is 0 Å². The third kappa shape index (κ3) is 2.51. The van der Waals surface area contributed by atoms with Gasteiger partial charge in [-0.2, -0.15) is 0 Å². The summed E-state index contributed by atoms with van der Waals surface area (Å²) in [5.74, 6) is 0.645. The number of rotatable bonds is 3. The Morgan fingerprint density at radius 1 is 0.958 bits per heavy atom. The molecule has 4 rings (SSSR count). The van der Waals surface area contributed by atoms with Crippen LogP contribution in [0.25, 0.3) is 0 Å². The van der Waals surface area contributed by atoms with Crippen molar-refractivity contribution in [2.75, 3.05) is 4.90 Å². The number of hydrogen-bond donors (Lipinski definition) is 0. The average molecular weight is 338 g/mol. The molecule has 2 aromatic carbocycles. The van der Waals surface area contributed by atoms with Crippen LogP contribution in [0.3, 0.4) is 0 Å². The molecule has 4 heteroatoms. The van der Waals surface area contributed by atoms with Gasteiger partial charge in [-0.3, -0.25) is 4.79 Å². The lowest BCUT2D eigenvalue weighted by Crippen LogP contribution is -2.42. The first-order valence-electron chi connectivity index (χ1n) is 7.87. The number of carbonyl (C=O) groups is 1. The normalized spacial score (nSPS) is 20.0. The first-order valence-corrected chi connectivity index (χ1v) is 8.30. The van der Waals surface area contributed by atoms with Gasteiger partial charge in [0.25, 0.3) is 0 Å². The van der Waals surface area contributed by atoms with E-state index in [4.69, 9.17) is 16.0 Å². The predicted octanol–water partition coefficient (Wildman–Crippen LogP) is 4.83. The van der Waals surface area contributed by atoms with Crippen LogP contribution in [0, 0.1) is 0 Å². The Morgan fingerprint density at radius 3 is 2.46 bits per heavy atom. The maximum Gasteiger partial charge on any atom is 0.185 e. The van der Waals surface area contributed by atoms with Gasteiger partial charge >= 0.3 is 0 Å². The lowest BCUT2D eigenvalue weighted by molar-refractivity contribution is 0.0966. The Morgan fingerprint density at radius 2 is 1.71 bits per heavy atom. The molecule has 3 aromatic rings. The molecule has 0 aliphatic carbocycles. The van der Waals surface area contributed by atoms with Gasteiger partial charge in [0.15, 0.2) is 5.78 Å². The van der Waals surface area contributed by atoms with E-state index in [-0.39, 0.29) is 11.8 Å². The van der Waals surface area contributed by atoms with E-state index in [1.165, 1.54) is 0 Å². The lowest BCUT2D eigenvalue weighted by Gasteiger charge is -2.39. The molecule has 2 atom stereocenters. The lowest BCUT2D eigenvalue weighted by atomic mass is 9.92. The predicted molar refractivity (Wildman–Crippen MR) is 94.5 cm³/mol. The summed E-state index contributed by atoms with van der Waals surface area (Å²) < 4.78 is 5.60. The maximum absolute atomic E-state index is 12.7. The third-order valence-corrected chi connectivity index (χ3v) is 4.81. The highest BCUT2D eigenvalue weighted by Crippen LogP contribution is 2.42. The fourth-order valence-corrected chi connectivity index (χ4v) is 3.63. The summed E-state index contributed by atoms with van der Waals surface area (Å²) in [6, 6.07) is 21.1. The van der Waals surface area contributed by atoms with Crippen LogP contribution < -0.4 is 4.90 Å². The van der Waals surface area contributed by atoms with Crippen LogP contribution in [0.1, 0.15) is 27.7 Å². The highest BCUT2D eigenvalue weighted by molar-refractivity contribution is 6.36. The summed E-state index contributed by atoms with van der Waals surface area (Å²) >= 11 is 6.56. The second-order valence-electron chi connectivity index (χ2n) is 5.86. The number of Topliss-reactive ketones (excluding diaryl/α,β-unsaturated/α-hetero) is 1. The van der Waals surface area contributed by atoms with Crippen molar-refractivity contribution < 1.29 is 9.21 Å². The molecule has 1 aliphatic heterocycles. The Kier molecular flexibility index (Phi) is 3.87. The Bertz CT molecular complexity index is 845. The van der Waals surface area contributed by atoms with E-state index in [0.717, 1.165) is 11.3 Å². The molecule has 0 N–H and O–H groups in total. The maximum atomic E-state index is 12.7. The van der Waals surface area contributed by atoms with Crippen molar-refractivity contribution in [3.05, 3.63) is 89.9 Å². The third-order valence-electron chi connectivity index (χ3n) is 4.37. The molecule has 2 heterocycles. The zero-order valence-electron chi connectivity index (χ0n) is 12.9. The number of carbonyl (C=O) groups excluding carboxylic acids is 1. The van der Waals surface area contributed by atoms with E-state index in [9.17, 15) is 4.79 Å². The van der Waals surface area contributed by atoms with Gasteiger partial charge in [-0.15, -0.1) is 11.6 Å². The Balaban J connectivity index is 1.83. The molecule has 0 bridgehead atoms. The Hall–Kier alpha value is -2.52. The van der Waals surface area contributed by atoms with Gasteiger partial charge in [-0.05, 0) is 29.8 Å². The van der Waals surface area contributed by atoms with Gasteiger partial charge in [0.2, 0.25) is 0 Å². The number of alkyl halides is 1. The van der Waals surface area contributed by atoms with E-state index in [1.54, 1.807) is 6.26 Å². The molecule has 0 unspecified atom stereocenters. The first-order chi connectivity index (χ1) is 11.8. The fourth-order valence-electron chi connectivity index (χ4n) is 3.25. The first kappa shape index (κ1) is 15.0. The van der Waals surface area contributed by atoms with Gasteiger partial charge in [-0.25, -0.2) is 0 Å². The average Bonchev–Trinajstić information content (AvgIpc) is 3.15. The van der Waals surface area contributed by atoms with E-state index in [1.807, 2.05) is 54.6 Å². The van der Waals surface area contributed by atoms with Crippen LogP contribution in [0.5, 0.6) is 0 Å². The molecule has 1 aliphatic rings. The van der Waals surface area contributed by atoms with E-state index in [2.05, 4.69) is 17.0 Å². The van der Waals surface area contributed by atoms with Gasteiger partial charge in [0.1, 0.15) is 17.2 Å². The number of fused-ring (bicyclic) bond motifs is 1. The minimum Gasteiger partial charge on any atom is -0.467 e. The summed E-state index contributed by atoms with van der Waals surface area (Å²) in [4.78, 5) is 14.9. The minimum absolute atomic E-state index is 0.0574. The molecule has 1 aromatic heterocycles. The number of anilines is 1. The SMILES string of the molecule is O=C1c2ccccc2N(Cc2ccccc2)[C@@H](c2ccco2)[C@@H]1Cl. The van der Waals surface area contributed by atoms with Crippen molar-refractivity contribution in [2.45, 2.75) is 18.0 Å². The van der Waals surface area contributed by atoms with E-state index >= 15 is 0 Å². The molecular formula is C20H16ClNO2. The van der Waals surface area contributed by atoms with Crippen LogP contribution in [0.2, 0.25) is 0 Å². The summed E-state index contributed by atoms with van der Waals surface area (Å²) in [5, 5.41) is -0.685. The molecule has 0 fully saturated rings. The molecular weight excluding hydrogens is 322 g/mol. The molecule has 0 amide bonds. The molecule has 120 valence electrons. The number of hydrogen-bond acceptors (Lipinski definition) is 3. The molecule has 0 saturated heterocycles. The quantitative estimate of drug-likeness (QED) is 0.642. The number of halogens is 1. The molecule has 0 radical (unpaired) electrons. The monoisotopic (exact) mass is 337 g/mol.